The lowest BCUT2D eigenvalue weighted by atomic mass is 10.2. The van der Waals surface area contributed by atoms with Gasteiger partial charge in [-0.25, -0.2) is 0 Å². The molecule has 1 amide bonds. The van der Waals surface area contributed by atoms with Crippen molar-refractivity contribution in [2.45, 2.75) is 45.3 Å². The maximum Gasteiger partial charge on any atom is 0.234 e. The van der Waals surface area contributed by atoms with Crippen LogP contribution in [0.15, 0.2) is 34.8 Å². The molecule has 1 N–H and O–H groups in total. The van der Waals surface area contributed by atoms with Crippen molar-refractivity contribution in [1.82, 2.24) is 14.8 Å². The third-order valence-electron chi connectivity index (χ3n) is 4.25. The van der Waals surface area contributed by atoms with Crippen molar-refractivity contribution < 1.29 is 4.79 Å². The Morgan fingerprint density at radius 2 is 2.11 bits per heavy atom. The number of amides is 1. The van der Waals surface area contributed by atoms with E-state index < -0.39 is 0 Å². The number of benzene rings is 1. The van der Waals surface area contributed by atoms with Crippen LogP contribution in [0.1, 0.15) is 30.7 Å². The van der Waals surface area contributed by atoms with Gasteiger partial charge in [-0.05, 0) is 44.0 Å². The van der Waals surface area contributed by atoms with Crippen molar-refractivity contribution in [3.05, 3.63) is 45.1 Å². The molecule has 0 unspecified atom stereocenters. The Hall–Kier alpha value is -1.83. The van der Waals surface area contributed by atoms with E-state index in [1.165, 1.54) is 16.6 Å². The highest BCUT2D eigenvalue weighted by Crippen LogP contribution is 2.28. The average molecular weight is 435 g/mol. The third kappa shape index (κ3) is 4.96. The van der Waals surface area contributed by atoms with Crippen LogP contribution in [0.2, 0.25) is 5.02 Å². The number of carbonyl (C=O) groups is 1. The summed E-state index contributed by atoms with van der Waals surface area (Å²) in [6.45, 7) is 6.93. The minimum absolute atomic E-state index is 0.0941. The molecule has 0 radical (unpaired) electrons. The average Bonchev–Trinajstić information content (AvgIpc) is 3.29. The van der Waals surface area contributed by atoms with Crippen LogP contribution in [0.25, 0.3) is 11.4 Å². The summed E-state index contributed by atoms with van der Waals surface area (Å²) < 4.78 is 2.06. The molecular weight excluding hydrogens is 412 g/mol. The zero-order chi connectivity index (χ0) is 20.1. The highest BCUT2D eigenvalue weighted by atomic mass is 35.5. The first-order chi connectivity index (χ1) is 13.5. The zero-order valence-electron chi connectivity index (χ0n) is 16.2. The number of thiophene rings is 1. The summed E-state index contributed by atoms with van der Waals surface area (Å²) in [4.78, 5) is 13.7. The Bertz CT molecular complexity index is 967. The zero-order valence-corrected chi connectivity index (χ0v) is 18.5. The van der Waals surface area contributed by atoms with Crippen LogP contribution in [-0.2, 0) is 17.8 Å². The fraction of sp³-hybridized carbons (Fsp3) is 0.350. The lowest BCUT2D eigenvalue weighted by Gasteiger charge is -2.09. The predicted octanol–water partition coefficient (Wildman–Crippen LogP) is 5.67. The molecule has 8 heteroatoms. The van der Waals surface area contributed by atoms with Crippen LogP contribution in [0, 0.1) is 6.92 Å². The lowest BCUT2D eigenvalue weighted by molar-refractivity contribution is -0.113. The van der Waals surface area contributed by atoms with Gasteiger partial charge < -0.3 is 9.88 Å². The van der Waals surface area contributed by atoms with E-state index in [0.29, 0.717) is 5.02 Å². The summed E-state index contributed by atoms with van der Waals surface area (Å²) in [5, 5.41) is 15.1. The Morgan fingerprint density at radius 3 is 2.86 bits per heavy atom. The van der Waals surface area contributed by atoms with Crippen LogP contribution in [0.5, 0.6) is 0 Å². The third-order valence-corrected chi connectivity index (χ3v) is 6.45. The number of anilines is 1. The maximum absolute atomic E-state index is 12.4. The highest BCUT2D eigenvalue weighted by Gasteiger charge is 2.16. The molecule has 0 saturated heterocycles. The molecule has 3 aromatic rings. The minimum Gasteiger partial charge on any atom is -0.325 e. The Balaban J connectivity index is 1.68. The molecule has 5 nitrogen and oxygen atoms in total. The number of thioether (sulfide) groups is 1. The van der Waals surface area contributed by atoms with E-state index in [9.17, 15) is 4.79 Å². The molecule has 0 spiro atoms. The van der Waals surface area contributed by atoms with Crippen molar-refractivity contribution in [3.63, 3.8) is 0 Å². The number of hydrogen-bond donors (Lipinski definition) is 1. The van der Waals surface area contributed by atoms with E-state index in [-0.39, 0.29) is 11.7 Å². The van der Waals surface area contributed by atoms with E-state index in [0.717, 1.165) is 47.2 Å². The van der Waals surface area contributed by atoms with Gasteiger partial charge in [0.1, 0.15) is 0 Å². The summed E-state index contributed by atoms with van der Waals surface area (Å²) >= 11 is 9.16. The van der Waals surface area contributed by atoms with Gasteiger partial charge in [-0.2, -0.15) is 0 Å². The molecule has 0 atom stereocenters. The van der Waals surface area contributed by atoms with Crippen molar-refractivity contribution in [1.29, 1.82) is 0 Å². The first-order valence-corrected chi connectivity index (χ1v) is 11.5. The van der Waals surface area contributed by atoms with E-state index >= 15 is 0 Å². The summed E-state index contributed by atoms with van der Waals surface area (Å²) in [6, 6.07) is 7.64. The first kappa shape index (κ1) is 20.9. The van der Waals surface area contributed by atoms with Crippen LogP contribution >= 0.6 is 34.7 Å². The van der Waals surface area contributed by atoms with E-state index in [1.54, 1.807) is 17.4 Å². The number of hydrogen-bond acceptors (Lipinski definition) is 5. The summed E-state index contributed by atoms with van der Waals surface area (Å²) in [6.07, 6.45) is 2.21. The van der Waals surface area contributed by atoms with Gasteiger partial charge in [0, 0.05) is 33.1 Å². The van der Waals surface area contributed by atoms with Crippen molar-refractivity contribution >= 4 is 46.3 Å². The van der Waals surface area contributed by atoms with Gasteiger partial charge in [0.25, 0.3) is 0 Å². The molecule has 2 heterocycles. The number of carbonyl (C=O) groups excluding carboxylic acids is 1. The second kappa shape index (κ2) is 9.58. The van der Waals surface area contributed by atoms with Gasteiger partial charge in [-0.15, -0.1) is 21.5 Å². The number of aryl methyl sites for hydroxylation is 2. The normalized spacial score (nSPS) is 11.0. The molecule has 2 aromatic heterocycles. The van der Waals surface area contributed by atoms with Gasteiger partial charge in [0.05, 0.1) is 5.75 Å². The second-order valence-corrected chi connectivity index (χ2v) is 8.77. The SMILES string of the molecule is CCCc1cc(-c2nnc(SCC(=O)Nc3cc(Cl)ccc3C)n2CC)cs1. The smallest absolute Gasteiger partial charge is 0.234 e. The number of aromatic nitrogens is 3. The van der Waals surface area contributed by atoms with Crippen molar-refractivity contribution in [2.75, 3.05) is 11.1 Å². The molecular formula is C20H23ClN4OS2. The van der Waals surface area contributed by atoms with E-state index in [1.807, 2.05) is 19.1 Å². The number of nitrogens with zero attached hydrogens (tertiary/aromatic N) is 3. The Kier molecular flexibility index (Phi) is 7.15. The highest BCUT2D eigenvalue weighted by molar-refractivity contribution is 7.99. The lowest BCUT2D eigenvalue weighted by Crippen LogP contribution is -2.15. The topological polar surface area (TPSA) is 59.8 Å². The quantitative estimate of drug-likeness (QED) is 0.464. The fourth-order valence-electron chi connectivity index (χ4n) is 2.81. The second-order valence-electron chi connectivity index (χ2n) is 6.40. The standard InChI is InChI=1S/C20H23ClN4OS2/c1-4-6-16-9-14(11-27-16)19-23-24-20(25(19)5-2)28-12-18(26)22-17-10-15(21)8-7-13(17)3/h7-11H,4-6,12H2,1-3H3,(H,22,26). The van der Waals surface area contributed by atoms with Gasteiger partial charge in [0.2, 0.25) is 5.91 Å². The Morgan fingerprint density at radius 1 is 1.29 bits per heavy atom. The summed E-state index contributed by atoms with van der Waals surface area (Å²) in [5.74, 6) is 1.02. The molecule has 0 aliphatic carbocycles. The van der Waals surface area contributed by atoms with Crippen LogP contribution in [0.4, 0.5) is 5.69 Å². The summed E-state index contributed by atoms with van der Waals surface area (Å²) in [5.41, 5.74) is 2.80. The monoisotopic (exact) mass is 434 g/mol. The van der Waals surface area contributed by atoms with E-state index in [4.69, 9.17) is 11.6 Å². The largest absolute Gasteiger partial charge is 0.325 e. The molecule has 28 heavy (non-hydrogen) atoms. The summed E-state index contributed by atoms with van der Waals surface area (Å²) in [7, 11) is 0. The molecule has 0 aliphatic rings. The van der Waals surface area contributed by atoms with Crippen LogP contribution in [0.3, 0.4) is 0 Å². The van der Waals surface area contributed by atoms with E-state index in [2.05, 4.69) is 45.4 Å². The van der Waals surface area contributed by atoms with Crippen LogP contribution in [-0.4, -0.2) is 26.4 Å². The van der Waals surface area contributed by atoms with Gasteiger partial charge in [-0.3, -0.25) is 4.79 Å². The van der Waals surface area contributed by atoms with Gasteiger partial charge in [-0.1, -0.05) is 42.8 Å². The maximum atomic E-state index is 12.4. The van der Waals surface area contributed by atoms with Gasteiger partial charge >= 0.3 is 0 Å². The molecule has 0 bridgehead atoms. The van der Waals surface area contributed by atoms with Crippen molar-refractivity contribution in [3.8, 4) is 11.4 Å². The fourth-order valence-corrected chi connectivity index (χ4v) is 4.76. The molecule has 148 valence electrons. The molecule has 0 saturated carbocycles. The number of halogens is 1. The first-order valence-electron chi connectivity index (χ1n) is 9.21. The predicted molar refractivity (Wildman–Crippen MR) is 119 cm³/mol. The van der Waals surface area contributed by atoms with Gasteiger partial charge in [0.15, 0.2) is 11.0 Å². The molecule has 0 aliphatic heterocycles. The molecule has 3 rings (SSSR count). The molecule has 0 fully saturated rings. The van der Waals surface area contributed by atoms with Crippen LogP contribution < -0.4 is 5.32 Å². The molecule has 1 aromatic carbocycles. The van der Waals surface area contributed by atoms with Crippen molar-refractivity contribution in [2.24, 2.45) is 0 Å². The number of rotatable bonds is 8. The minimum atomic E-state index is -0.0941. The number of nitrogens with one attached hydrogen (secondary N) is 1. The Labute approximate surface area is 178 Å².